The van der Waals surface area contributed by atoms with E-state index in [1.807, 2.05) is 19.1 Å². The van der Waals surface area contributed by atoms with Crippen LogP contribution in [0.4, 0.5) is 5.69 Å². The number of hydrogen-bond donors (Lipinski definition) is 1. The van der Waals surface area contributed by atoms with E-state index in [-0.39, 0.29) is 13.2 Å². The van der Waals surface area contributed by atoms with Crippen molar-refractivity contribution < 1.29 is 23.9 Å². The third-order valence-electron chi connectivity index (χ3n) is 4.35. The smallest absolute Gasteiger partial charge is 0.339 e. The Bertz CT molecular complexity index is 868. The van der Waals surface area contributed by atoms with E-state index < -0.39 is 23.9 Å². The van der Waals surface area contributed by atoms with Crippen molar-refractivity contribution in [3.63, 3.8) is 0 Å². The Labute approximate surface area is 164 Å². The van der Waals surface area contributed by atoms with Crippen LogP contribution in [0.15, 0.2) is 30.3 Å². The van der Waals surface area contributed by atoms with Gasteiger partial charge in [-0.25, -0.2) is 4.79 Å². The average Bonchev–Trinajstić information content (AvgIpc) is 2.92. The van der Waals surface area contributed by atoms with Gasteiger partial charge in [-0.1, -0.05) is 17.7 Å². The van der Waals surface area contributed by atoms with Crippen molar-refractivity contribution in [2.75, 3.05) is 11.9 Å². The minimum absolute atomic E-state index is 0.0980. The minimum atomic E-state index is -0.950. The lowest BCUT2D eigenvalue weighted by Crippen LogP contribution is -2.31. The van der Waals surface area contributed by atoms with Crippen molar-refractivity contribution in [1.82, 2.24) is 4.57 Å². The lowest BCUT2D eigenvalue weighted by molar-refractivity contribution is -0.153. The normalized spacial score (nSPS) is 11.6. The topological polar surface area (TPSA) is 86.6 Å². The van der Waals surface area contributed by atoms with Gasteiger partial charge in [-0.15, -0.1) is 0 Å². The van der Waals surface area contributed by atoms with Crippen molar-refractivity contribution in [2.24, 2.45) is 0 Å². The second kappa shape index (κ2) is 9.21. The number of esters is 2. The molecule has 0 saturated carbocycles. The van der Waals surface area contributed by atoms with Gasteiger partial charge in [0.15, 0.2) is 6.10 Å². The van der Waals surface area contributed by atoms with E-state index >= 15 is 0 Å². The molecule has 1 N–H and O–H groups in total. The van der Waals surface area contributed by atoms with Gasteiger partial charge in [-0.05, 0) is 52.8 Å². The van der Waals surface area contributed by atoms with Gasteiger partial charge < -0.3 is 19.4 Å². The molecule has 0 aliphatic rings. The molecule has 0 unspecified atom stereocenters. The standard InChI is InChI=1S/C21H26N2O5/c1-6-27-21(26)18-11-14(3)23(15(18)4)12-19(24)28-16(5)20(25)22-17-9-7-13(2)8-10-17/h7-11,16H,6,12H2,1-5H3,(H,22,25)/t16-/m0/s1. The van der Waals surface area contributed by atoms with Gasteiger partial charge in [-0.2, -0.15) is 0 Å². The molecule has 2 aromatic rings. The number of hydrogen-bond acceptors (Lipinski definition) is 5. The molecule has 0 saturated heterocycles. The number of aromatic nitrogens is 1. The predicted molar refractivity (Wildman–Crippen MR) is 105 cm³/mol. The maximum Gasteiger partial charge on any atom is 0.339 e. The number of benzene rings is 1. The average molecular weight is 386 g/mol. The molecule has 1 amide bonds. The van der Waals surface area contributed by atoms with Crippen LogP contribution in [0.25, 0.3) is 0 Å². The molecule has 1 heterocycles. The summed E-state index contributed by atoms with van der Waals surface area (Å²) in [7, 11) is 0. The molecular formula is C21H26N2O5. The van der Waals surface area contributed by atoms with Gasteiger partial charge >= 0.3 is 11.9 Å². The maximum absolute atomic E-state index is 12.3. The Hall–Kier alpha value is -3.09. The van der Waals surface area contributed by atoms with Gasteiger partial charge in [0.1, 0.15) is 6.54 Å². The van der Waals surface area contributed by atoms with Gasteiger partial charge in [0.25, 0.3) is 5.91 Å². The highest BCUT2D eigenvalue weighted by Gasteiger charge is 2.21. The molecule has 7 nitrogen and oxygen atoms in total. The summed E-state index contributed by atoms with van der Waals surface area (Å²) in [4.78, 5) is 36.5. The Balaban J connectivity index is 1.98. The molecule has 0 aliphatic carbocycles. The van der Waals surface area contributed by atoms with Crippen LogP contribution in [0.2, 0.25) is 0 Å². The number of nitrogens with one attached hydrogen (secondary N) is 1. The number of ether oxygens (including phenoxy) is 2. The maximum atomic E-state index is 12.3. The third kappa shape index (κ3) is 5.22. The number of rotatable bonds is 7. The van der Waals surface area contributed by atoms with Gasteiger partial charge in [-0.3, -0.25) is 9.59 Å². The van der Waals surface area contributed by atoms with Crippen LogP contribution in [0.1, 0.15) is 41.2 Å². The van der Waals surface area contributed by atoms with Crippen LogP contribution in [0.3, 0.4) is 0 Å². The zero-order chi connectivity index (χ0) is 20.8. The van der Waals surface area contributed by atoms with Gasteiger partial charge in [0, 0.05) is 17.1 Å². The fraction of sp³-hybridized carbons (Fsp3) is 0.381. The molecule has 0 spiro atoms. The fourth-order valence-corrected chi connectivity index (χ4v) is 2.76. The first-order valence-corrected chi connectivity index (χ1v) is 9.13. The lowest BCUT2D eigenvalue weighted by atomic mass is 10.2. The van der Waals surface area contributed by atoms with E-state index in [2.05, 4.69) is 5.32 Å². The monoisotopic (exact) mass is 386 g/mol. The second-order valence-corrected chi connectivity index (χ2v) is 6.58. The fourth-order valence-electron chi connectivity index (χ4n) is 2.76. The first-order valence-electron chi connectivity index (χ1n) is 9.13. The second-order valence-electron chi connectivity index (χ2n) is 6.58. The van der Waals surface area contributed by atoms with Crippen molar-refractivity contribution in [2.45, 2.75) is 47.3 Å². The summed E-state index contributed by atoms with van der Waals surface area (Å²) in [6.07, 6.45) is -0.950. The molecule has 0 aliphatic heterocycles. The molecule has 2 rings (SSSR count). The molecule has 1 atom stereocenters. The van der Waals surface area contributed by atoms with Crippen molar-refractivity contribution in [1.29, 1.82) is 0 Å². The van der Waals surface area contributed by atoms with Crippen molar-refractivity contribution in [3.05, 3.63) is 52.8 Å². The largest absolute Gasteiger partial charge is 0.462 e. The molecule has 1 aromatic heterocycles. The summed E-state index contributed by atoms with van der Waals surface area (Å²) >= 11 is 0. The number of carbonyl (C=O) groups excluding carboxylic acids is 3. The molecule has 0 bridgehead atoms. The molecule has 0 fully saturated rings. The first-order chi connectivity index (χ1) is 13.2. The summed E-state index contributed by atoms with van der Waals surface area (Å²) in [5, 5.41) is 2.71. The van der Waals surface area contributed by atoms with Gasteiger partial charge in [0.05, 0.1) is 12.2 Å². The van der Waals surface area contributed by atoms with Crippen molar-refractivity contribution in [3.8, 4) is 0 Å². The van der Waals surface area contributed by atoms with E-state index in [0.717, 1.165) is 11.3 Å². The summed E-state index contributed by atoms with van der Waals surface area (Å²) in [5.74, 6) is -1.41. The highest BCUT2D eigenvalue weighted by atomic mass is 16.5. The minimum Gasteiger partial charge on any atom is -0.462 e. The summed E-state index contributed by atoms with van der Waals surface area (Å²) in [5.41, 5.74) is 3.48. The summed E-state index contributed by atoms with van der Waals surface area (Å²) in [6.45, 7) is 8.90. The molecule has 28 heavy (non-hydrogen) atoms. The van der Waals surface area contributed by atoms with E-state index in [4.69, 9.17) is 9.47 Å². The molecule has 7 heteroatoms. The van der Waals surface area contributed by atoms with E-state index in [1.165, 1.54) is 6.92 Å². The quantitative estimate of drug-likeness (QED) is 0.739. The van der Waals surface area contributed by atoms with Crippen LogP contribution >= 0.6 is 0 Å². The Morgan fingerprint density at radius 1 is 1.11 bits per heavy atom. The third-order valence-corrected chi connectivity index (χ3v) is 4.35. The lowest BCUT2D eigenvalue weighted by Gasteiger charge is -2.15. The number of anilines is 1. The summed E-state index contributed by atoms with van der Waals surface area (Å²) in [6, 6.07) is 9.00. The highest BCUT2D eigenvalue weighted by Crippen LogP contribution is 2.17. The van der Waals surface area contributed by atoms with Crippen LogP contribution in [-0.4, -0.2) is 35.1 Å². The number of carbonyl (C=O) groups is 3. The zero-order valence-corrected chi connectivity index (χ0v) is 16.9. The number of nitrogens with zero attached hydrogens (tertiary/aromatic N) is 1. The van der Waals surface area contributed by atoms with E-state index in [0.29, 0.717) is 16.9 Å². The van der Waals surface area contributed by atoms with Crippen LogP contribution in [-0.2, 0) is 25.6 Å². The molecular weight excluding hydrogens is 360 g/mol. The Kier molecular flexibility index (Phi) is 6.98. The van der Waals surface area contributed by atoms with E-state index in [1.54, 1.807) is 43.5 Å². The Morgan fingerprint density at radius 3 is 2.36 bits per heavy atom. The number of amides is 1. The molecule has 150 valence electrons. The molecule has 0 radical (unpaired) electrons. The zero-order valence-electron chi connectivity index (χ0n) is 16.9. The van der Waals surface area contributed by atoms with Crippen LogP contribution in [0.5, 0.6) is 0 Å². The Morgan fingerprint density at radius 2 is 1.75 bits per heavy atom. The highest BCUT2D eigenvalue weighted by molar-refractivity contribution is 5.95. The SMILES string of the molecule is CCOC(=O)c1cc(C)n(CC(=O)O[C@@H](C)C(=O)Nc2ccc(C)cc2)c1C. The van der Waals surface area contributed by atoms with Crippen molar-refractivity contribution >= 4 is 23.5 Å². The molecule has 1 aromatic carbocycles. The number of aryl methyl sites for hydroxylation is 2. The predicted octanol–water partition coefficient (Wildman–Crippen LogP) is 3.16. The van der Waals surface area contributed by atoms with E-state index in [9.17, 15) is 14.4 Å². The van der Waals surface area contributed by atoms with Gasteiger partial charge in [0.2, 0.25) is 0 Å². The first kappa shape index (κ1) is 21.2. The summed E-state index contributed by atoms with van der Waals surface area (Å²) < 4.78 is 11.9. The van der Waals surface area contributed by atoms with Crippen LogP contribution < -0.4 is 5.32 Å². The van der Waals surface area contributed by atoms with Crippen LogP contribution in [0, 0.1) is 20.8 Å².